The van der Waals surface area contributed by atoms with Crippen molar-refractivity contribution in [3.05, 3.63) is 77.4 Å². The van der Waals surface area contributed by atoms with Crippen LogP contribution in [0, 0.1) is 0 Å². The van der Waals surface area contributed by atoms with Crippen LogP contribution in [0.2, 0.25) is 5.02 Å². The van der Waals surface area contributed by atoms with E-state index in [0.717, 1.165) is 11.4 Å². The number of hydrogen-bond acceptors (Lipinski definition) is 4. The van der Waals surface area contributed by atoms with E-state index >= 15 is 0 Å². The first-order valence-corrected chi connectivity index (χ1v) is 8.95. The Kier molecular flexibility index (Phi) is 5.94. The molecule has 0 aliphatic heterocycles. The van der Waals surface area contributed by atoms with Crippen molar-refractivity contribution in [2.75, 3.05) is 10.6 Å². The monoisotopic (exact) mass is 381 g/mol. The van der Waals surface area contributed by atoms with Gasteiger partial charge in [-0.15, -0.1) is 0 Å². The van der Waals surface area contributed by atoms with Gasteiger partial charge in [0.1, 0.15) is 11.6 Å². The molecule has 2 N–H and O–H groups in total. The first-order valence-electron chi connectivity index (χ1n) is 8.57. The van der Waals surface area contributed by atoms with Gasteiger partial charge in [-0.1, -0.05) is 23.7 Å². The molecule has 0 fully saturated rings. The Balaban J connectivity index is 1.76. The smallest absolute Gasteiger partial charge is 0.255 e. The molecule has 138 valence electrons. The van der Waals surface area contributed by atoms with Crippen LogP contribution >= 0.6 is 11.6 Å². The normalized spacial score (nSPS) is 10.5. The zero-order chi connectivity index (χ0) is 19.2. The van der Waals surface area contributed by atoms with Gasteiger partial charge in [-0.05, 0) is 62.4 Å². The maximum absolute atomic E-state index is 12.5. The molecule has 5 nitrogen and oxygen atoms in total. The second kappa shape index (κ2) is 8.56. The quantitative estimate of drug-likeness (QED) is 0.590. The lowest BCUT2D eigenvalue weighted by atomic mass is 10.2. The number of anilines is 3. The highest BCUT2D eigenvalue weighted by atomic mass is 35.5. The van der Waals surface area contributed by atoms with Crippen LogP contribution in [0.1, 0.15) is 24.2 Å². The van der Waals surface area contributed by atoms with Gasteiger partial charge < -0.3 is 15.4 Å². The fourth-order valence-electron chi connectivity index (χ4n) is 2.44. The van der Waals surface area contributed by atoms with Gasteiger partial charge in [0.2, 0.25) is 0 Å². The molecule has 0 bridgehead atoms. The number of nitrogens with one attached hydrogen (secondary N) is 2. The number of halogens is 1. The lowest BCUT2D eigenvalue weighted by Crippen LogP contribution is -2.12. The predicted octanol–water partition coefficient (Wildman–Crippen LogP) is 5.52. The molecule has 0 atom stereocenters. The van der Waals surface area contributed by atoms with Crippen molar-refractivity contribution in [3.63, 3.8) is 0 Å². The lowest BCUT2D eigenvalue weighted by molar-refractivity contribution is 0.102. The summed E-state index contributed by atoms with van der Waals surface area (Å²) in [6, 6.07) is 17.9. The summed E-state index contributed by atoms with van der Waals surface area (Å²) in [5.74, 6) is 1.05. The molecule has 27 heavy (non-hydrogen) atoms. The van der Waals surface area contributed by atoms with Gasteiger partial charge in [0.05, 0.1) is 11.8 Å². The van der Waals surface area contributed by atoms with Crippen LogP contribution in [0.25, 0.3) is 0 Å². The highest BCUT2D eigenvalue weighted by molar-refractivity contribution is 6.30. The van der Waals surface area contributed by atoms with Gasteiger partial charge in [-0.3, -0.25) is 4.79 Å². The third kappa shape index (κ3) is 5.21. The molecule has 1 amide bonds. The minimum Gasteiger partial charge on any atom is -0.489 e. The summed E-state index contributed by atoms with van der Waals surface area (Å²) in [6.07, 6.45) is 1.64. The average Bonchev–Trinajstić information content (AvgIpc) is 2.65. The summed E-state index contributed by atoms with van der Waals surface area (Å²) in [7, 11) is 0. The molecular formula is C21H20ClN3O2. The lowest BCUT2D eigenvalue weighted by Gasteiger charge is -2.15. The first kappa shape index (κ1) is 18.7. The zero-order valence-corrected chi connectivity index (χ0v) is 15.8. The molecule has 3 aromatic rings. The number of para-hydroxylation sites is 2. The predicted molar refractivity (Wildman–Crippen MR) is 109 cm³/mol. The van der Waals surface area contributed by atoms with Gasteiger partial charge in [-0.25, -0.2) is 4.98 Å². The number of rotatable bonds is 6. The number of hydrogen-bond donors (Lipinski definition) is 2. The third-order valence-electron chi connectivity index (χ3n) is 3.64. The number of carbonyl (C=O) groups is 1. The standard InChI is InChI=1S/C21H20ClN3O2/c1-14(2)27-19-6-4-3-5-18(19)25-20-13-15(11-12-23-20)21(26)24-17-9-7-16(22)8-10-17/h3-14H,1-2H3,(H,23,25)(H,24,26). The van der Waals surface area contributed by atoms with Gasteiger partial charge in [-0.2, -0.15) is 0 Å². The van der Waals surface area contributed by atoms with Gasteiger partial charge in [0.15, 0.2) is 0 Å². The molecule has 0 aliphatic rings. The number of carbonyl (C=O) groups excluding carboxylic acids is 1. The Morgan fingerprint density at radius 1 is 1.07 bits per heavy atom. The van der Waals surface area contributed by atoms with Crippen LogP contribution in [0.15, 0.2) is 66.9 Å². The average molecular weight is 382 g/mol. The molecule has 0 spiro atoms. The topological polar surface area (TPSA) is 63.2 Å². The van der Waals surface area contributed by atoms with Crippen molar-refractivity contribution in [3.8, 4) is 5.75 Å². The molecular weight excluding hydrogens is 362 g/mol. The van der Waals surface area contributed by atoms with Crippen LogP contribution in [-0.2, 0) is 0 Å². The van der Waals surface area contributed by atoms with E-state index in [0.29, 0.717) is 22.1 Å². The maximum Gasteiger partial charge on any atom is 0.255 e. The zero-order valence-electron chi connectivity index (χ0n) is 15.1. The molecule has 3 rings (SSSR count). The van der Waals surface area contributed by atoms with Crippen molar-refractivity contribution >= 4 is 34.7 Å². The van der Waals surface area contributed by atoms with E-state index in [1.807, 2.05) is 38.1 Å². The van der Waals surface area contributed by atoms with Crippen molar-refractivity contribution in [2.24, 2.45) is 0 Å². The van der Waals surface area contributed by atoms with Crippen LogP contribution in [0.4, 0.5) is 17.2 Å². The fraction of sp³-hybridized carbons (Fsp3) is 0.143. The minimum absolute atomic E-state index is 0.0531. The molecule has 2 aromatic carbocycles. The summed E-state index contributed by atoms with van der Waals surface area (Å²) < 4.78 is 5.80. The Hall–Kier alpha value is -3.05. The van der Waals surface area contributed by atoms with Crippen LogP contribution in [0.5, 0.6) is 5.75 Å². The summed E-state index contributed by atoms with van der Waals surface area (Å²) in [4.78, 5) is 16.8. The summed E-state index contributed by atoms with van der Waals surface area (Å²) >= 11 is 5.87. The highest BCUT2D eigenvalue weighted by Crippen LogP contribution is 2.27. The second-order valence-electron chi connectivity index (χ2n) is 6.18. The number of benzene rings is 2. The summed E-state index contributed by atoms with van der Waals surface area (Å²) in [5.41, 5.74) is 1.95. The van der Waals surface area contributed by atoms with E-state index in [4.69, 9.17) is 16.3 Å². The third-order valence-corrected chi connectivity index (χ3v) is 3.89. The molecule has 0 radical (unpaired) electrons. The summed E-state index contributed by atoms with van der Waals surface area (Å²) in [6.45, 7) is 3.94. The molecule has 0 unspecified atom stereocenters. The van der Waals surface area contributed by atoms with Gasteiger partial charge >= 0.3 is 0 Å². The van der Waals surface area contributed by atoms with Crippen LogP contribution in [0.3, 0.4) is 0 Å². The van der Waals surface area contributed by atoms with E-state index < -0.39 is 0 Å². The van der Waals surface area contributed by atoms with Crippen molar-refractivity contribution < 1.29 is 9.53 Å². The molecule has 1 heterocycles. The number of ether oxygens (including phenoxy) is 1. The van der Waals surface area contributed by atoms with Gasteiger partial charge in [0.25, 0.3) is 5.91 Å². The molecule has 6 heteroatoms. The number of amides is 1. The number of pyridine rings is 1. The van der Waals surface area contributed by atoms with Gasteiger partial charge in [0, 0.05) is 22.5 Å². The van der Waals surface area contributed by atoms with E-state index in [9.17, 15) is 4.79 Å². The Bertz CT molecular complexity index is 927. The molecule has 0 aliphatic carbocycles. The number of nitrogens with zero attached hydrogens (tertiary/aromatic N) is 1. The highest BCUT2D eigenvalue weighted by Gasteiger charge is 2.10. The van der Waals surface area contributed by atoms with Crippen molar-refractivity contribution in [1.82, 2.24) is 4.98 Å². The maximum atomic E-state index is 12.5. The molecule has 0 saturated carbocycles. The van der Waals surface area contributed by atoms with Crippen LogP contribution < -0.4 is 15.4 Å². The van der Waals surface area contributed by atoms with E-state index in [2.05, 4.69) is 15.6 Å². The second-order valence-corrected chi connectivity index (χ2v) is 6.61. The van der Waals surface area contributed by atoms with E-state index in [1.165, 1.54) is 0 Å². The van der Waals surface area contributed by atoms with E-state index in [1.54, 1.807) is 42.6 Å². The SMILES string of the molecule is CC(C)Oc1ccccc1Nc1cc(C(=O)Nc2ccc(Cl)cc2)ccn1. The van der Waals surface area contributed by atoms with Crippen molar-refractivity contribution in [1.29, 1.82) is 0 Å². The fourth-order valence-corrected chi connectivity index (χ4v) is 2.57. The Labute approximate surface area is 163 Å². The van der Waals surface area contributed by atoms with Crippen LogP contribution in [-0.4, -0.2) is 17.0 Å². The summed E-state index contributed by atoms with van der Waals surface area (Å²) in [5, 5.41) is 6.66. The van der Waals surface area contributed by atoms with Crippen molar-refractivity contribution in [2.45, 2.75) is 20.0 Å². The number of aromatic nitrogens is 1. The molecule has 0 saturated heterocycles. The Morgan fingerprint density at radius 3 is 2.56 bits per heavy atom. The molecule has 1 aromatic heterocycles. The Morgan fingerprint density at radius 2 is 1.81 bits per heavy atom. The van der Waals surface area contributed by atoms with E-state index in [-0.39, 0.29) is 12.0 Å². The largest absolute Gasteiger partial charge is 0.489 e. The minimum atomic E-state index is -0.227. The first-order chi connectivity index (χ1) is 13.0.